The molecule has 1 N–H and O–H groups in total. The number of Topliss-reactive ketones (excluding diaryl/α,β-unsaturated/α-hetero) is 1. The number of aromatic nitrogens is 1. The molecule has 0 fully saturated rings. The third-order valence-corrected chi connectivity index (χ3v) is 4.02. The van der Waals surface area contributed by atoms with Gasteiger partial charge in [-0.3, -0.25) is 9.78 Å². The van der Waals surface area contributed by atoms with E-state index in [0.29, 0.717) is 23.4 Å². The lowest BCUT2D eigenvalue weighted by Crippen LogP contribution is -2.14. The quantitative estimate of drug-likeness (QED) is 0.796. The molecule has 0 bridgehead atoms. The predicted octanol–water partition coefficient (Wildman–Crippen LogP) is 4.09. The lowest BCUT2D eigenvalue weighted by atomic mass is 9.91. The molecule has 0 radical (unpaired) electrons. The topological polar surface area (TPSA) is 42.0 Å². The SMILES string of the molecule is O=C1CCCc2cncc(Nc3ccc(I)cc3F)c21. The molecule has 3 nitrogen and oxygen atoms in total. The minimum absolute atomic E-state index is 0.0991. The van der Waals surface area contributed by atoms with Gasteiger partial charge in [-0.25, -0.2) is 4.39 Å². The summed E-state index contributed by atoms with van der Waals surface area (Å²) in [6.07, 6.45) is 5.55. The average Bonchev–Trinajstić information content (AvgIpc) is 2.42. The minimum Gasteiger partial charge on any atom is -0.351 e. The highest BCUT2D eigenvalue weighted by atomic mass is 127. The molecule has 1 aliphatic carbocycles. The molecular formula is C15H12FIN2O. The molecule has 102 valence electrons. The summed E-state index contributed by atoms with van der Waals surface area (Å²) < 4.78 is 14.7. The summed E-state index contributed by atoms with van der Waals surface area (Å²) in [5.41, 5.74) is 2.55. The normalized spacial score (nSPS) is 14.0. The van der Waals surface area contributed by atoms with Crippen LogP contribution in [0.5, 0.6) is 0 Å². The van der Waals surface area contributed by atoms with E-state index in [0.717, 1.165) is 22.0 Å². The van der Waals surface area contributed by atoms with E-state index >= 15 is 0 Å². The number of rotatable bonds is 2. The highest BCUT2D eigenvalue weighted by molar-refractivity contribution is 14.1. The molecule has 0 saturated heterocycles. The van der Waals surface area contributed by atoms with Crippen molar-refractivity contribution in [3.8, 4) is 0 Å². The van der Waals surface area contributed by atoms with Gasteiger partial charge in [0.15, 0.2) is 5.78 Å². The zero-order valence-corrected chi connectivity index (χ0v) is 12.8. The van der Waals surface area contributed by atoms with E-state index in [4.69, 9.17) is 0 Å². The fraction of sp³-hybridized carbons (Fsp3) is 0.200. The predicted molar refractivity (Wildman–Crippen MR) is 83.9 cm³/mol. The van der Waals surface area contributed by atoms with E-state index in [1.165, 1.54) is 6.07 Å². The van der Waals surface area contributed by atoms with Crippen LogP contribution in [0.25, 0.3) is 0 Å². The van der Waals surface area contributed by atoms with Crippen molar-refractivity contribution in [1.82, 2.24) is 4.98 Å². The first kappa shape index (κ1) is 13.5. The Morgan fingerprint density at radius 1 is 1.20 bits per heavy atom. The second-order valence-corrected chi connectivity index (χ2v) is 5.99. The van der Waals surface area contributed by atoms with Crippen LogP contribution in [0.4, 0.5) is 15.8 Å². The monoisotopic (exact) mass is 382 g/mol. The van der Waals surface area contributed by atoms with Gasteiger partial charge in [0.25, 0.3) is 0 Å². The van der Waals surface area contributed by atoms with Gasteiger partial charge < -0.3 is 5.32 Å². The van der Waals surface area contributed by atoms with Crippen molar-refractivity contribution in [2.24, 2.45) is 0 Å². The second-order valence-electron chi connectivity index (χ2n) is 4.75. The third kappa shape index (κ3) is 2.54. The highest BCUT2D eigenvalue weighted by Gasteiger charge is 2.21. The number of carbonyl (C=O) groups is 1. The molecule has 0 saturated carbocycles. The summed E-state index contributed by atoms with van der Waals surface area (Å²) in [6, 6.07) is 4.94. The van der Waals surface area contributed by atoms with Crippen molar-refractivity contribution in [2.45, 2.75) is 19.3 Å². The van der Waals surface area contributed by atoms with Crippen LogP contribution in [-0.4, -0.2) is 10.8 Å². The Balaban J connectivity index is 2.01. The molecule has 1 aliphatic rings. The molecule has 0 unspecified atom stereocenters. The van der Waals surface area contributed by atoms with Gasteiger partial charge in [-0.05, 0) is 59.2 Å². The van der Waals surface area contributed by atoms with Crippen LogP contribution in [0.1, 0.15) is 28.8 Å². The largest absolute Gasteiger partial charge is 0.351 e. The van der Waals surface area contributed by atoms with Gasteiger partial charge in [0.1, 0.15) is 5.82 Å². The number of carbonyl (C=O) groups excluding carboxylic acids is 1. The van der Waals surface area contributed by atoms with Gasteiger partial charge in [0.2, 0.25) is 0 Å². The third-order valence-electron chi connectivity index (χ3n) is 3.35. The molecular weight excluding hydrogens is 370 g/mol. The van der Waals surface area contributed by atoms with Gasteiger partial charge in [-0.1, -0.05) is 0 Å². The molecule has 1 heterocycles. The van der Waals surface area contributed by atoms with Crippen molar-refractivity contribution in [3.05, 3.63) is 51.1 Å². The maximum atomic E-state index is 13.9. The standard InChI is InChI=1S/C15H12FIN2O/c16-11-6-10(17)4-5-12(11)19-13-8-18-7-9-2-1-3-14(20)15(9)13/h4-8,19H,1-3H2. The number of hydrogen-bond acceptors (Lipinski definition) is 3. The number of anilines is 2. The van der Waals surface area contributed by atoms with E-state index in [1.54, 1.807) is 18.5 Å². The van der Waals surface area contributed by atoms with E-state index < -0.39 is 0 Å². The van der Waals surface area contributed by atoms with Gasteiger partial charge in [0, 0.05) is 21.8 Å². The summed E-state index contributed by atoms with van der Waals surface area (Å²) in [7, 11) is 0. The zero-order chi connectivity index (χ0) is 14.1. The van der Waals surface area contributed by atoms with Crippen LogP contribution in [-0.2, 0) is 6.42 Å². The molecule has 20 heavy (non-hydrogen) atoms. The lowest BCUT2D eigenvalue weighted by molar-refractivity contribution is 0.0973. The van der Waals surface area contributed by atoms with E-state index in [1.807, 2.05) is 6.07 Å². The Hall–Kier alpha value is -1.50. The Bertz CT molecular complexity index is 688. The van der Waals surface area contributed by atoms with Crippen LogP contribution >= 0.6 is 22.6 Å². The van der Waals surface area contributed by atoms with Crippen LogP contribution < -0.4 is 5.32 Å². The first-order chi connectivity index (χ1) is 9.65. The number of halogens is 2. The van der Waals surface area contributed by atoms with Crippen LogP contribution in [0, 0.1) is 9.39 Å². The van der Waals surface area contributed by atoms with Gasteiger partial charge in [-0.2, -0.15) is 0 Å². The van der Waals surface area contributed by atoms with Crippen molar-refractivity contribution in [3.63, 3.8) is 0 Å². The summed E-state index contributed by atoms with van der Waals surface area (Å²) in [5, 5.41) is 3.00. The number of hydrogen-bond donors (Lipinski definition) is 1. The Labute approximate surface area is 129 Å². The Morgan fingerprint density at radius 2 is 2.05 bits per heavy atom. The maximum Gasteiger partial charge on any atom is 0.165 e. The number of ketones is 1. The number of nitrogens with zero attached hydrogens (tertiary/aromatic N) is 1. The number of benzene rings is 1. The van der Waals surface area contributed by atoms with E-state index in [9.17, 15) is 9.18 Å². The molecule has 3 rings (SSSR count). The van der Waals surface area contributed by atoms with Crippen molar-refractivity contribution < 1.29 is 9.18 Å². The molecule has 0 aliphatic heterocycles. The fourth-order valence-electron chi connectivity index (χ4n) is 2.42. The average molecular weight is 382 g/mol. The van der Waals surface area contributed by atoms with Gasteiger partial charge >= 0.3 is 0 Å². The second kappa shape index (κ2) is 5.47. The van der Waals surface area contributed by atoms with Gasteiger partial charge in [-0.15, -0.1) is 0 Å². The maximum absolute atomic E-state index is 13.9. The number of fused-ring (bicyclic) bond motifs is 1. The summed E-state index contributed by atoms with van der Waals surface area (Å²) in [6.45, 7) is 0. The highest BCUT2D eigenvalue weighted by Crippen LogP contribution is 2.30. The van der Waals surface area contributed by atoms with Crippen LogP contribution in [0.3, 0.4) is 0 Å². The summed E-state index contributed by atoms with van der Waals surface area (Å²) in [4.78, 5) is 16.2. The molecule has 1 aromatic heterocycles. The molecule has 0 amide bonds. The fourth-order valence-corrected chi connectivity index (χ4v) is 2.87. The molecule has 2 aromatic rings. The van der Waals surface area contributed by atoms with Crippen LogP contribution in [0.15, 0.2) is 30.6 Å². The lowest BCUT2D eigenvalue weighted by Gasteiger charge is -2.18. The summed E-state index contributed by atoms with van der Waals surface area (Å²) >= 11 is 2.06. The van der Waals surface area contributed by atoms with E-state index in [-0.39, 0.29) is 11.6 Å². The molecule has 1 aromatic carbocycles. The molecule has 0 atom stereocenters. The first-order valence-corrected chi connectivity index (χ1v) is 7.45. The number of nitrogens with one attached hydrogen (secondary N) is 1. The summed E-state index contributed by atoms with van der Waals surface area (Å²) in [5.74, 6) is -0.236. The number of aryl methyl sites for hydroxylation is 1. The number of pyridine rings is 1. The van der Waals surface area contributed by atoms with Crippen LogP contribution in [0.2, 0.25) is 0 Å². The first-order valence-electron chi connectivity index (χ1n) is 6.37. The van der Waals surface area contributed by atoms with Crippen molar-refractivity contribution in [1.29, 1.82) is 0 Å². The minimum atomic E-state index is -0.335. The molecule has 5 heteroatoms. The van der Waals surface area contributed by atoms with Crippen molar-refractivity contribution in [2.75, 3.05) is 5.32 Å². The smallest absolute Gasteiger partial charge is 0.165 e. The van der Waals surface area contributed by atoms with E-state index in [2.05, 4.69) is 32.9 Å². The Kier molecular flexibility index (Phi) is 3.69. The zero-order valence-electron chi connectivity index (χ0n) is 10.6. The van der Waals surface area contributed by atoms with Crippen molar-refractivity contribution >= 4 is 39.7 Å². The van der Waals surface area contributed by atoms with Gasteiger partial charge in [0.05, 0.1) is 17.6 Å². The Morgan fingerprint density at radius 3 is 2.85 bits per heavy atom. The molecule has 0 spiro atoms.